The smallest absolute Gasteiger partial charge is 0.321 e. The summed E-state index contributed by atoms with van der Waals surface area (Å²) in [4.78, 5) is 27.4. The van der Waals surface area contributed by atoms with Crippen molar-refractivity contribution in [2.24, 2.45) is 5.92 Å². The normalized spacial score (nSPS) is 11.9. The van der Waals surface area contributed by atoms with Gasteiger partial charge in [0.15, 0.2) is 5.13 Å². The summed E-state index contributed by atoms with van der Waals surface area (Å²) in [5, 5.41) is 14.6. The molecule has 1 aromatic heterocycles. The number of carbonyl (C=O) groups is 2. The Balaban J connectivity index is 2.21. The number of carbonyl (C=O) groups excluding carboxylic acids is 1. The van der Waals surface area contributed by atoms with Crippen LogP contribution in [0.25, 0.3) is 0 Å². The number of carboxylic acid groups (broad SMARTS) is 1. The van der Waals surface area contributed by atoms with Crippen LogP contribution >= 0.6 is 11.3 Å². The lowest BCUT2D eigenvalue weighted by Crippen LogP contribution is -2.30. The first-order valence-electron chi connectivity index (χ1n) is 6.59. The SMILES string of the molecule is Cc1nc(NC(=O)NCCC(C)CCC(=O)O)sc1C. The van der Waals surface area contributed by atoms with Crippen molar-refractivity contribution < 1.29 is 14.7 Å². The molecule has 20 heavy (non-hydrogen) atoms. The van der Waals surface area contributed by atoms with Crippen LogP contribution in [0.2, 0.25) is 0 Å². The number of nitrogens with one attached hydrogen (secondary N) is 2. The van der Waals surface area contributed by atoms with Gasteiger partial charge in [-0.05, 0) is 32.6 Å². The summed E-state index contributed by atoms with van der Waals surface area (Å²) in [6.07, 6.45) is 1.56. The van der Waals surface area contributed by atoms with E-state index < -0.39 is 5.97 Å². The fourth-order valence-electron chi connectivity index (χ4n) is 1.61. The third-order valence-electron chi connectivity index (χ3n) is 3.02. The first kappa shape index (κ1) is 16.4. The minimum atomic E-state index is -0.780. The average molecular weight is 299 g/mol. The zero-order valence-corrected chi connectivity index (χ0v) is 12.8. The highest BCUT2D eigenvalue weighted by Gasteiger charge is 2.09. The molecule has 1 atom stereocenters. The quantitative estimate of drug-likeness (QED) is 0.722. The number of urea groups is 1. The summed E-state index contributed by atoms with van der Waals surface area (Å²) in [7, 11) is 0. The first-order valence-corrected chi connectivity index (χ1v) is 7.40. The maximum absolute atomic E-state index is 11.6. The second-order valence-electron chi connectivity index (χ2n) is 4.87. The molecule has 0 saturated heterocycles. The van der Waals surface area contributed by atoms with Gasteiger partial charge in [-0.3, -0.25) is 10.1 Å². The third kappa shape index (κ3) is 6.01. The Labute approximate surface area is 122 Å². The van der Waals surface area contributed by atoms with E-state index in [4.69, 9.17) is 5.11 Å². The van der Waals surface area contributed by atoms with E-state index in [9.17, 15) is 9.59 Å². The molecule has 0 aliphatic rings. The number of thiazole rings is 1. The first-order chi connectivity index (χ1) is 9.38. The Hall–Kier alpha value is -1.63. The van der Waals surface area contributed by atoms with Gasteiger partial charge in [0.25, 0.3) is 0 Å². The number of rotatable bonds is 7. The Morgan fingerprint density at radius 2 is 2.05 bits per heavy atom. The number of hydrogen-bond acceptors (Lipinski definition) is 4. The molecule has 0 bridgehead atoms. The number of aliphatic carboxylic acids is 1. The molecule has 112 valence electrons. The van der Waals surface area contributed by atoms with Crippen LogP contribution in [0.3, 0.4) is 0 Å². The molecular weight excluding hydrogens is 278 g/mol. The summed E-state index contributed by atoms with van der Waals surface area (Å²) in [6, 6.07) is -0.274. The maximum Gasteiger partial charge on any atom is 0.321 e. The highest BCUT2D eigenvalue weighted by atomic mass is 32.1. The van der Waals surface area contributed by atoms with E-state index in [-0.39, 0.29) is 18.4 Å². The lowest BCUT2D eigenvalue weighted by atomic mass is 10.0. The summed E-state index contributed by atoms with van der Waals surface area (Å²) in [5.74, 6) is -0.507. The van der Waals surface area contributed by atoms with Crippen LogP contribution in [0.1, 0.15) is 36.8 Å². The van der Waals surface area contributed by atoms with Gasteiger partial charge in [0.2, 0.25) is 0 Å². The monoisotopic (exact) mass is 299 g/mol. The minimum Gasteiger partial charge on any atom is -0.481 e. The van der Waals surface area contributed by atoms with Crippen molar-refractivity contribution in [1.29, 1.82) is 0 Å². The van der Waals surface area contributed by atoms with E-state index in [2.05, 4.69) is 15.6 Å². The zero-order chi connectivity index (χ0) is 15.1. The van der Waals surface area contributed by atoms with Gasteiger partial charge in [-0.25, -0.2) is 9.78 Å². The summed E-state index contributed by atoms with van der Waals surface area (Å²) < 4.78 is 0. The molecule has 1 unspecified atom stereocenters. The van der Waals surface area contributed by atoms with Gasteiger partial charge < -0.3 is 10.4 Å². The minimum absolute atomic E-state index is 0.172. The number of aromatic nitrogens is 1. The van der Waals surface area contributed by atoms with Gasteiger partial charge in [-0.2, -0.15) is 0 Å². The number of carboxylic acids is 1. The van der Waals surface area contributed by atoms with Crippen molar-refractivity contribution in [3.63, 3.8) is 0 Å². The number of anilines is 1. The average Bonchev–Trinajstić information content (AvgIpc) is 2.65. The van der Waals surface area contributed by atoms with E-state index in [1.165, 1.54) is 11.3 Å². The van der Waals surface area contributed by atoms with Crippen LogP contribution in [-0.4, -0.2) is 28.6 Å². The Morgan fingerprint density at radius 1 is 1.35 bits per heavy atom. The van der Waals surface area contributed by atoms with Gasteiger partial charge in [-0.15, -0.1) is 11.3 Å². The molecule has 0 aromatic carbocycles. The van der Waals surface area contributed by atoms with Crippen molar-refractivity contribution in [3.05, 3.63) is 10.6 Å². The third-order valence-corrected chi connectivity index (χ3v) is 4.01. The lowest BCUT2D eigenvalue weighted by Gasteiger charge is -2.10. The molecule has 1 aromatic rings. The molecule has 0 aliphatic heterocycles. The van der Waals surface area contributed by atoms with Crippen molar-refractivity contribution in [2.45, 2.75) is 40.0 Å². The molecule has 3 N–H and O–H groups in total. The summed E-state index contributed by atoms with van der Waals surface area (Å²) in [6.45, 7) is 6.37. The molecule has 7 heteroatoms. The second-order valence-corrected chi connectivity index (χ2v) is 6.07. The highest BCUT2D eigenvalue weighted by Crippen LogP contribution is 2.20. The van der Waals surface area contributed by atoms with E-state index in [1.54, 1.807) is 0 Å². The fraction of sp³-hybridized carbons (Fsp3) is 0.615. The van der Waals surface area contributed by atoms with Gasteiger partial charge in [0.1, 0.15) is 0 Å². The fourth-order valence-corrected chi connectivity index (χ4v) is 2.42. The van der Waals surface area contributed by atoms with Crippen LogP contribution in [0.15, 0.2) is 0 Å². The molecule has 1 rings (SSSR count). The topological polar surface area (TPSA) is 91.3 Å². The van der Waals surface area contributed by atoms with E-state index in [0.29, 0.717) is 18.1 Å². The Morgan fingerprint density at radius 3 is 2.60 bits per heavy atom. The van der Waals surface area contributed by atoms with E-state index in [0.717, 1.165) is 17.0 Å². The van der Waals surface area contributed by atoms with Gasteiger partial charge in [-0.1, -0.05) is 6.92 Å². The number of hydrogen-bond donors (Lipinski definition) is 3. The molecule has 0 radical (unpaired) electrons. The maximum atomic E-state index is 11.6. The van der Waals surface area contributed by atoms with Crippen molar-refractivity contribution in [1.82, 2.24) is 10.3 Å². The van der Waals surface area contributed by atoms with Gasteiger partial charge in [0.05, 0.1) is 5.69 Å². The zero-order valence-electron chi connectivity index (χ0n) is 12.0. The van der Waals surface area contributed by atoms with Gasteiger partial charge in [0, 0.05) is 17.8 Å². The van der Waals surface area contributed by atoms with Crippen LogP contribution in [0.5, 0.6) is 0 Å². The second kappa shape index (κ2) is 7.84. The Kier molecular flexibility index (Phi) is 6.44. The molecular formula is C13H21N3O3S. The summed E-state index contributed by atoms with van der Waals surface area (Å²) >= 11 is 1.45. The highest BCUT2D eigenvalue weighted by molar-refractivity contribution is 7.15. The number of nitrogens with zero attached hydrogens (tertiary/aromatic N) is 1. The van der Waals surface area contributed by atoms with Crippen LogP contribution < -0.4 is 10.6 Å². The molecule has 2 amide bonds. The van der Waals surface area contributed by atoms with Crippen molar-refractivity contribution in [3.8, 4) is 0 Å². The van der Waals surface area contributed by atoms with Crippen LogP contribution in [0.4, 0.5) is 9.93 Å². The van der Waals surface area contributed by atoms with Gasteiger partial charge >= 0.3 is 12.0 Å². The predicted octanol–water partition coefficient (Wildman–Crippen LogP) is 2.77. The van der Waals surface area contributed by atoms with Crippen LogP contribution in [0, 0.1) is 19.8 Å². The Bertz CT molecular complexity index is 454. The lowest BCUT2D eigenvalue weighted by molar-refractivity contribution is -0.137. The number of aryl methyl sites for hydroxylation is 2. The van der Waals surface area contributed by atoms with Crippen molar-refractivity contribution >= 4 is 28.5 Å². The molecule has 0 spiro atoms. The predicted molar refractivity (Wildman–Crippen MR) is 79.3 cm³/mol. The standard InChI is InChI=1S/C13H21N3O3S/c1-8(4-5-11(17)18)6-7-14-12(19)16-13-15-9(2)10(3)20-13/h8H,4-7H2,1-3H3,(H,17,18)(H2,14,15,16,19). The van der Waals surface area contributed by atoms with Crippen LogP contribution in [-0.2, 0) is 4.79 Å². The molecule has 0 aliphatic carbocycles. The van der Waals surface area contributed by atoms with Crippen molar-refractivity contribution in [2.75, 3.05) is 11.9 Å². The van der Waals surface area contributed by atoms with E-state index >= 15 is 0 Å². The molecule has 0 fully saturated rings. The molecule has 0 saturated carbocycles. The van der Waals surface area contributed by atoms with E-state index in [1.807, 2.05) is 20.8 Å². The largest absolute Gasteiger partial charge is 0.481 e. The molecule has 1 heterocycles. The summed E-state index contributed by atoms with van der Waals surface area (Å²) in [5.41, 5.74) is 0.924. The number of amides is 2. The molecule has 6 nitrogen and oxygen atoms in total.